The van der Waals surface area contributed by atoms with Crippen LogP contribution in [0, 0.1) is 0 Å². The van der Waals surface area contributed by atoms with Crippen molar-refractivity contribution in [1.82, 2.24) is 19.7 Å². The topological polar surface area (TPSA) is 68.9 Å². The summed E-state index contributed by atoms with van der Waals surface area (Å²) < 4.78 is 2.95. The molecule has 1 aliphatic carbocycles. The Morgan fingerprint density at radius 2 is 1.82 bits per heavy atom. The number of hydrogen-bond acceptors (Lipinski definition) is 3. The lowest BCUT2D eigenvalue weighted by molar-refractivity contribution is -0.121. The Hall–Kier alpha value is -2.86. The molecule has 1 heterocycles. The standard InChI is InChI=1S/C21H21ClN4O2/c22-17-8-6-16(7-9-17)20-24-25(21(28)26(20)18-10-11-18)14-19(27)23-13-12-15-4-2-1-3-5-15/h1-9,18H,10-14H2,(H,23,27). The van der Waals surface area contributed by atoms with Gasteiger partial charge in [0.1, 0.15) is 6.54 Å². The minimum absolute atomic E-state index is 0.0894. The van der Waals surface area contributed by atoms with Crippen LogP contribution in [0.2, 0.25) is 5.02 Å². The molecule has 28 heavy (non-hydrogen) atoms. The number of nitrogens with zero attached hydrogens (tertiary/aromatic N) is 3. The summed E-state index contributed by atoms with van der Waals surface area (Å²) in [6.07, 6.45) is 2.65. The number of carbonyl (C=O) groups excluding carboxylic acids is 1. The molecular weight excluding hydrogens is 376 g/mol. The number of hydrogen-bond donors (Lipinski definition) is 1. The van der Waals surface area contributed by atoms with Crippen molar-refractivity contribution in [3.05, 3.63) is 75.7 Å². The number of amides is 1. The maximum absolute atomic E-state index is 12.8. The van der Waals surface area contributed by atoms with E-state index in [0.717, 1.165) is 30.4 Å². The Morgan fingerprint density at radius 1 is 1.11 bits per heavy atom. The Balaban J connectivity index is 1.47. The highest BCUT2D eigenvalue weighted by molar-refractivity contribution is 6.30. The zero-order chi connectivity index (χ0) is 19.5. The van der Waals surface area contributed by atoms with Crippen LogP contribution in [-0.2, 0) is 17.8 Å². The highest BCUT2D eigenvalue weighted by Gasteiger charge is 2.30. The fourth-order valence-corrected chi connectivity index (χ4v) is 3.29. The number of benzene rings is 2. The van der Waals surface area contributed by atoms with E-state index in [4.69, 9.17) is 11.6 Å². The van der Waals surface area contributed by atoms with Crippen LogP contribution in [0.5, 0.6) is 0 Å². The second kappa shape index (κ2) is 8.02. The van der Waals surface area contributed by atoms with Crippen LogP contribution >= 0.6 is 11.6 Å². The number of nitrogens with one attached hydrogen (secondary N) is 1. The molecule has 7 heteroatoms. The van der Waals surface area contributed by atoms with Gasteiger partial charge < -0.3 is 5.32 Å². The molecule has 1 aliphatic rings. The largest absolute Gasteiger partial charge is 0.354 e. The molecule has 0 radical (unpaired) electrons. The van der Waals surface area contributed by atoms with Crippen molar-refractivity contribution >= 4 is 17.5 Å². The number of carbonyl (C=O) groups is 1. The Kier molecular flexibility index (Phi) is 5.30. The summed E-state index contributed by atoms with van der Waals surface area (Å²) in [5.41, 5.74) is 1.73. The first-order valence-corrected chi connectivity index (χ1v) is 9.75. The summed E-state index contributed by atoms with van der Waals surface area (Å²) in [6, 6.07) is 17.3. The molecule has 0 atom stereocenters. The van der Waals surface area contributed by atoms with Crippen LogP contribution in [0.3, 0.4) is 0 Å². The van der Waals surface area contributed by atoms with E-state index in [1.54, 1.807) is 16.7 Å². The lowest BCUT2D eigenvalue weighted by atomic mass is 10.1. The average Bonchev–Trinajstić information content (AvgIpc) is 3.48. The first-order valence-electron chi connectivity index (χ1n) is 9.38. The van der Waals surface area contributed by atoms with Crippen molar-refractivity contribution in [3.8, 4) is 11.4 Å². The van der Waals surface area contributed by atoms with Gasteiger partial charge >= 0.3 is 5.69 Å². The van der Waals surface area contributed by atoms with E-state index in [1.165, 1.54) is 4.68 Å². The van der Waals surface area contributed by atoms with Gasteiger partial charge in [-0.05, 0) is 49.1 Å². The van der Waals surface area contributed by atoms with Crippen molar-refractivity contribution in [3.63, 3.8) is 0 Å². The Labute approximate surface area is 167 Å². The van der Waals surface area contributed by atoms with E-state index in [1.807, 2.05) is 42.5 Å². The van der Waals surface area contributed by atoms with Gasteiger partial charge in [0.15, 0.2) is 5.82 Å². The fraction of sp³-hybridized carbons (Fsp3) is 0.286. The second-order valence-corrected chi connectivity index (χ2v) is 7.39. The third-order valence-electron chi connectivity index (χ3n) is 4.76. The third-order valence-corrected chi connectivity index (χ3v) is 5.01. The molecule has 0 spiro atoms. The molecular formula is C21H21ClN4O2. The molecule has 3 aromatic rings. The van der Waals surface area contributed by atoms with Gasteiger partial charge in [0.2, 0.25) is 5.91 Å². The van der Waals surface area contributed by atoms with Crippen molar-refractivity contribution in [1.29, 1.82) is 0 Å². The first kappa shape index (κ1) is 18.5. The quantitative estimate of drug-likeness (QED) is 0.667. The second-order valence-electron chi connectivity index (χ2n) is 6.96. The fourth-order valence-electron chi connectivity index (χ4n) is 3.16. The van der Waals surface area contributed by atoms with Gasteiger partial charge in [0.05, 0.1) is 0 Å². The first-order chi connectivity index (χ1) is 13.6. The Bertz CT molecular complexity index is 1020. The zero-order valence-electron chi connectivity index (χ0n) is 15.3. The molecule has 0 saturated heterocycles. The molecule has 0 aliphatic heterocycles. The molecule has 2 aromatic carbocycles. The molecule has 144 valence electrons. The molecule has 4 rings (SSSR count). The minimum Gasteiger partial charge on any atom is -0.354 e. The van der Waals surface area contributed by atoms with Gasteiger partial charge in [-0.25, -0.2) is 9.48 Å². The summed E-state index contributed by atoms with van der Waals surface area (Å²) in [5.74, 6) is 0.363. The van der Waals surface area contributed by atoms with E-state index in [9.17, 15) is 9.59 Å². The van der Waals surface area contributed by atoms with E-state index in [-0.39, 0.29) is 24.2 Å². The van der Waals surface area contributed by atoms with Gasteiger partial charge in [0.25, 0.3) is 0 Å². The van der Waals surface area contributed by atoms with Gasteiger partial charge in [-0.2, -0.15) is 0 Å². The normalized spacial score (nSPS) is 13.5. The van der Waals surface area contributed by atoms with Crippen molar-refractivity contribution in [2.75, 3.05) is 6.54 Å². The predicted molar refractivity (Wildman–Crippen MR) is 108 cm³/mol. The summed E-state index contributed by atoms with van der Waals surface area (Å²) in [5, 5.41) is 7.93. The van der Waals surface area contributed by atoms with Crippen molar-refractivity contribution in [2.45, 2.75) is 31.8 Å². The highest BCUT2D eigenvalue weighted by Crippen LogP contribution is 2.36. The minimum atomic E-state index is -0.245. The van der Waals surface area contributed by atoms with Crippen LogP contribution in [0.4, 0.5) is 0 Å². The van der Waals surface area contributed by atoms with E-state index >= 15 is 0 Å². The smallest absolute Gasteiger partial charge is 0.346 e. The van der Waals surface area contributed by atoms with Crippen LogP contribution in [0.1, 0.15) is 24.4 Å². The van der Waals surface area contributed by atoms with Gasteiger partial charge in [-0.15, -0.1) is 5.10 Å². The number of halogens is 1. The van der Waals surface area contributed by atoms with Crippen LogP contribution < -0.4 is 11.0 Å². The summed E-state index contributed by atoms with van der Waals surface area (Å²) in [7, 11) is 0. The molecule has 1 saturated carbocycles. The molecule has 0 unspecified atom stereocenters. The lowest BCUT2D eigenvalue weighted by Crippen LogP contribution is -2.34. The van der Waals surface area contributed by atoms with Crippen LogP contribution in [0.25, 0.3) is 11.4 Å². The summed E-state index contributed by atoms with van der Waals surface area (Å²) in [6.45, 7) is 0.429. The average molecular weight is 397 g/mol. The number of aromatic nitrogens is 3. The molecule has 1 N–H and O–H groups in total. The summed E-state index contributed by atoms with van der Waals surface area (Å²) in [4.78, 5) is 25.1. The summed E-state index contributed by atoms with van der Waals surface area (Å²) >= 11 is 5.96. The monoisotopic (exact) mass is 396 g/mol. The molecule has 6 nitrogen and oxygen atoms in total. The van der Waals surface area contributed by atoms with E-state index in [0.29, 0.717) is 17.4 Å². The van der Waals surface area contributed by atoms with Crippen LogP contribution in [0.15, 0.2) is 59.4 Å². The van der Waals surface area contributed by atoms with Gasteiger partial charge in [-0.1, -0.05) is 41.9 Å². The lowest BCUT2D eigenvalue weighted by Gasteiger charge is -2.05. The predicted octanol–water partition coefficient (Wildman–Crippen LogP) is 3.06. The Morgan fingerprint density at radius 3 is 2.50 bits per heavy atom. The van der Waals surface area contributed by atoms with E-state index < -0.39 is 0 Å². The SMILES string of the molecule is O=C(Cn1nc(-c2ccc(Cl)cc2)n(C2CC2)c1=O)NCCc1ccccc1. The van der Waals surface area contributed by atoms with Crippen molar-refractivity contribution < 1.29 is 4.79 Å². The zero-order valence-corrected chi connectivity index (χ0v) is 16.1. The third kappa shape index (κ3) is 4.17. The maximum atomic E-state index is 12.8. The van der Waals surface area contributed by atoms with Gasteiger partial charge in [-0.3, -0.25) is 9.36 Å². The van der Waals surface area contributed by atoms with Crippen LogP contribution in [-0.4, -0.2) is 26.8 Å². The maximum Gasteiger partial charge on any atom is 0.346 e. The van der Waals surface area contributed by atoms with E-state index in [2.05, 4.69) is 10.4 Å². The number of rotatable bonds is 7. The molecule has 0 bridgehead atoms. The van der Waals surface area contributed by atoms with Gasteiger partial charge in [0, 0.05) is 23.2 Å². The van der Waals surface area contributed by atoms with Crippen molar-refractivity contribution in [2.24, 2.45) is 0 Å². The highest BCUT2D eigenvalue weighted by atomic mass is 35.5. The molecule has 1 fully saturated rings. The molecule has 1 amide bonds. The molecule has 1 aromatic heterocycles.